The minimum atomic E-state index is -3.04. The first kappa shape index (κ1) is 57.2. The largest absolute Gasteiger partial charge is 0.508 e. The Bertz CT molecular complexity index is 3490. The first-order valence-electron chi connectivity index (χ1n) is 27.3. The Hall–Kier alpha value is -7.50. The van der Waals surface area contributed by atoms with Gasteiger partial charge in [0.1, 0.15) is 23.9 Å². The van der Waals surface area contributed by atoms with Crippen molar-refractivity contribution >= 4 is 50.1 Å². The van der Waals surface area contributed by atoms with E-state index in [1.54, 1.807) is 55.8 Å². The lowest BCUT2D eigenvalue weighted by Gasteiger charge is -2.36. The van der Waals surface area contributed by atoms with E-state index in [9.17, 15) is 32.7 Å². The molecule has 6 aromatic rings. The Labute approximate surface area is 467 Å². The molecule has 4 atom stereocenters. The van der Waals surface area contributed by atoms with Gasteiger partial charge in [-0.25, -0.2) is 13.8 Å². The second-order valence-corrected chi connectivity index (χ2v) is 24.7. The Balaban J connectivity index is 1.11. The van der Waals surface area contributed by atoms with Crippen LogP contribution < -0.4 is 16.5 Å². The lowest BCUT2D eigenvalue weighted by Crippen LogP contribution is -2.62. The molecule has 0 spiro atoms. The number of sulfone groups is 1. The molecule has 3 amide bonds. The van der Waals surface area contributed by atoms with E-state index in [1.165, 1.54) is 23.2 Å². The average Bonchev–Trinajstić information content (AvgIpc) is 4.14. The lowest BCUT2D eigenvalue weighted by atomic mass is 9.84. The minimum Gasteiger partial charge on any atom is -0.508 e. The maximum Gasteiger partial charge on any atom is 0.324 e. The Morgan fingerprint density at radius 1 is 0.988 bits per heavy atom. The summed E-state index contributed by atoms with van der Waals surface area (Å²) in [5.74, 6) is 4.18. The molecule has 422 valence electrons. The van der Waals surface area contributed by atoms with Crippen molar-refractivity contribution in [2.24, 2.45) is 11.3 Å². The molecule has 2 saturated heterocycles. The van der Waals surface area contributed by atoms with Gasteiger partial charge in [0.2, 0.25) is 5.91 Å². The number of carbonyl (C=O) groups excluding carboxylic acids is 4. The van der Waals surface area contributed by atoms with Crippen molar-refractivity contribution in [3.8, 4) is 51.1 Å². The molecule has 3 aliphatic heterocycles. The first-order valence-corrected chi connectivity index (χ1v) is 29.1. The number of phenols is 1. The summed E-state index contributed by atoms with van der Waals surface area (Å²) in [6, 6.07) is 18.9. The number of benzene rings is 3. The van der Waals surface area contributed by atoms with Crippen LogP contribution in [0.4, 0.5) is 5.69 Å². The molecule has 0 aliphatic carbocycles. The van der Waals surface area contributed by atoms with Crippen molar-refractivity contribution < 1.29 is 46.6 Å². The van der Waals surface area contributed by atoms with Crippen LogP contribution in [0.3, 0.4) is 0 Å². The third kappa shape index (κ3) is 12.4. The number of amides is 3. The molecule has 18 nitrogen and oxygen atoms in total. The van der Waals surface area contributed by atoms with Crippen LogP contribution in [0.1, 0.15) is 93.4 Å². The third-order valence-corrected chi connectivity index (χ3v) is 17.1. The lowest BCUT2D eigenvalue weighted by molar-refractivity contribution is -0.155. The quantitative estimate of drug-likeness (QED) is 0.0573. The van der Waals surface area contributed by atoms with Gasteiger partial charge in [-0.2, -0.15) is 0 Å². The number of nitrogen functional groups attached to an aromatic ring is 1. The number of hydrazine groups is 1. The van der Waals surface area contributed by atoms with Crippen LogP contribution >= 0.6 is 0 Å². The number of carbonyl (C=O) groups is 4. The van der Waals surface area contributed by atoms with E-state index in [0.717, 1.165) is 33.3 Å². The standard InChI is InChI=1S/C61H72N8O10S/c1-9-68-52-19-16-42-33-47(52)49(55(68)48-30-39(35-63-53(48)38(4)77-8)12-10-21-67-23-26-80(75,76)27-24-67)34-61(5,6)36-79-60(74)50-13-11-22-69(65-50)58(72)51(31-40-28-43(42)32-45(70)29-40)64-57(71)54(37(2)3)66(7)59(73)56-46(20-25-78-56)41-14-17-44(62)18-15-41/h14-20,25,28-30,32-33,35,37-38,50-51,54,65,70H,9,11,13,21-24,26-27,31,34,36,62H2,1-8H3,(H,64,71)/t38-,50-,51-,54-/m0/s1. The zero-order valence-corrected chi connectivity index (χ0v) is 47.6. The van der Waals surface area contributed by atoms with Gasteiger partial charge in [0.15, 0.2) is 15.6 Å². The van der Waals surface area contributed by atoms with Gasteiger partial charge in [-0.05, 0) is 115 Å². The number of pyridine rings is 1. The number of methoxy groups -OCH3 is 1. The van der Waals surface area contributed by atoms with Crippen molar-refractivity contribution in [1.82, 2.24) is 35.1 Å². The summed E-state index contributed by atoms with van der Waals surface area (Å²) >= 11 is 0. The normalized spacial score (nSPS) is 19.3. The number of esters is 1. The summed E-state index contributed by atoms with van der Waals surface area (Å²) in [7, 11) is 0.132. The molecule has 5 N–H and O–H groups in total. The fourth-order valence-electron chi connectivity index (χ4n) is 11.2. The van der Waals surface area contributed by atoms with Gasteiger partial charge in [-0.15, -0.1) is 0 Å². The number of hydrogen-bond acceptors (Lipinski definition) is 14. The molecule has 19 heteroatoms. The van der Waals surface area contributed by atoms with Crippen LogP contribution in [0.25, 0.3) is 44.4 Å². The summed E-state index contributed by atoms with van der Waals surface area (Å²) < 4.78 is 44.3. The van der Waals surface area contributed by atoms with Crippen molar-refractivity contribution in [3.63, 3.8) is 0 Å². The third-order valence-electron chi connectivity index (χ3n) is 15.5. The van der Waals surface area contributed by atoms with E-state index in [2.05, 4.69) is 46.2 Å². The number of fused-ring (bicyclic) bond motifs is 6. The molecule has 6 heterocycles. The molecule has 80 heavy (non-hydrogen) atoms. The maximum atomic E-state index is 14.9. The first-order chi connectivity index (χ1) is 38.1. The number of nitrogens with one attached hydrogen (secondary N) is 2. The number of rotatable bonds is 11. The molecular formula is C61H72N8O10S. The topological polar surface area (TPSA) is 232 Å². The van der Waals surface area contributed by atoms with Crippen LogP contribution in [-0.4, -0.2) is 138 Å². The van der Waals surface area contributed by atoms with E-state index in [1.807, 2.05) is 57.7 Å². The number of ether oxygens (including phenoxy) is 2. The fraction of sp³-hybridized carbons (Fsp3) is 0.426. The summed E-state index contributed by atoms with van der Waals surface area (Å²) in [5.41, 5.74) is 17.2. The summed E-state index contributed by atoms with van der Waals surface area (Å²) in [4.78, 5) is 66.6. The predicted octanol–water partition coefficient (Wildman–Crippen LogP) is 7.17. The highest BCUT2D eigenvalue weighted by Crippen LogP contribution is 2.43. The highest BCUT2D eigenvalue weighted by atomic mass is 32.2. The molecular weight excluding hydrogens is 1040 g/mol. The van der Waals surface area contributed by atoms with Crippen molar-refractivity contribution in [2.75, 3.05) is 64.2 Å². The monoisotopic (exact) mass is 1110 g/mol. The number of furan rings is 1. The number of aromatic hydroxyl groups is 1. The molecule has 0 radical (unpaired) electrons. The summed E-state index contributed by atoms with van der Waals surface area (Å²) in [6.07, 6.45) is 4.00. The zero-order chi connectivity index (χ0) is 57.2. The van der Waals surface area contributed by atoms with Gasteiger partial charge in [0.25, 0.3) is 11.8 Å². The predicted molar refractivity (Wildman–Crippen MR) is 307 cm³/mol. The Kier molecular flexibility index (Phi) is 16.9. The molecule has 3 aromatic heterocycles. The number of hydrogen-bond donors (Lipinski definition) is 4. The van der Waals surface area contributed by atoms with Gasteiger partial charge < -0.3 is 39.5 Å². The molecule has 6 bridgehead atoms. The minimum absolute atomic E-state index is 0.0347. The van der Waals surface area contributed by atoms with Gasteiger partial charge in [0, 0.05) is 91.6 Å². The molecule has 9 rings (SSSR count). The van der Waals surface area contributed by atoms with Crippen molar-refractivity contribution in [2.45, 2.75) is 98.0 Å². The summed E-state index contributed by atoms with van der Waals surface area (Å²) in [5, 5.41) is 16.8. The maximum absolute atomic E-state index is 14.9. The number of nitrogens with two attached hydrogens (primary N) is 1. The highest BCUT2D eigenvalue weighted by Gasteiger charge is 2.39. The Morgan fingerprint density at radius 3 is 2.44 bits per heavy atom. The van der Waals surface area contributed by atoms with Crippen LogP contribution in [-0.2, 0) is 53.1 Å². The van der Waals surface area contributed by atoms with E-state index in [4.69, 9.17) is 24.6 Å². The Morgan fingerprint density at radius 2 is 1.73 bits per heavy atom. The molecule has 0 unspecified atom stereocenters. The molecule has 3 aliphatic rings. The SMILES string of the molecule is CCn1c(-c2cc(C#CCN3CCS(=O)(=O)CC3)cnc2[C@H](C)OC)c2c3cc(ccc31)-c1cc(O)cc(c1)C[C@H](NC(=O)[C@H](C(C)C)N(C)C(=O)c1occc1-c1ccc(N)cc1)C(=O)N1CCC[C@H](N1)C(=O)OCC(C)(C)C2. The highest BCUT2D eigenvalue weighted by molar-refractivity contribution is 7.91. The van der Waals surface area contributed by atoms with E-state index >= 15 is 0 Å². The van der Waals surface area contributed by atoms with E-state index in [0.29, 0.717) is 84.6 Å². The number of anilines is 1. The fourth-order valence-corrected chi connectivity index (χ4v) is 12.5. The van der Waals surface area contributed by atoms with E-state index < -0.39 is 69.1 Å². The number of aryl methyl sites for hydroxylation is 1. The van der Waals surface area contributed by atoms with Crippen molar-refractivity contribution in [3.05, 3.63) is 113 Å². The van der Waals surface area contributed by atoms with Gasteiger partial charge >= 0.3 is 5.97 Å². The zero-order valence-electron chi connectivity index (χ0n) is 46.8. The number of nitrogens with zero attached hydrogens (tertiary/aromatic N) is 5. The molecule has 0 saturated carbocycles. The molecule has 2 fully saturated rings. The summed E-state index contributed by atoms with van der Waals surface area (Å²) in [6.45, 7) is 13.9. The van der Waals surface area contributed by atoms with Gasteiger partial charge in [-0.3, -0.25) is 34.1 Å². The van der Waals surface area contributed by atoms with Gasteiger partial charge in [-0.1, -0.05) is 63.8 Å². The molecule has 3 aromatic carbocycles. The number of phenolic OH excluding ortho intramolecular Hbond substituents is 1. The second kappa shape index (κ2) is 23.7. The average molecular weight is 1110 g/mol. The number of likely N-dealkylation sites (N-methyl/N-ethyl adjacent to an activating group) is 1. The van der Waals surface area contributed by atoms with E-state index in [-0.39, 0.29) is 42.6 Å². The van der Waals surface area contributed by atoms with Crippen LogP contribution in [0, 0.1) is 23.2 Å². The van der Waals surface area contributed by atoms with Crippen LogP contribution in [0.5, 0.6) is 5.75 Å². The van der Waals surface area contributed by atoms with Crippen LogP contribution in [0.2, 0.25) is 0 Å². The van der Waals surface area contributed by atoms with Crippen LogP contribution in [0.15, 0.2) is 89.7 Å². The number of aromatic nitrogens is 2. The smallest absolute Gasteiger partial charge is 0.324 e. The van der Waals surface area contributed by atoms with Crippen molar-refractivity contribution in [1.29, 1.82) is 0 Å². The second-order valence-electron chi connectivity index (χ2n) is 22.4. The number of cyclic esters (lactones) is 1. The van der Waals surface area contributed by atoms with Gasteiger partial charge in [0.05, 0.1) is 48.4 Å².